The lowest BCUT2D eigenvalue weighted by atomic mass is 9.69. The molecule has 0 heterocycles. The van der Waals surface area contributed by atoms with E-state index in [1.165, 1.54) is 18.6 Å². The quantitative estimate of drug-likeness (QED) is 0.388. The predicted molar refractivity (Wildman–Crippen MR) is 114 cm³/mol. The molecule has 0 saturated heterocycles. The third-order valence-electron chi connectivity index (χ3n) is 6.88. The molecule has 0 aromatic heterocycles. The van der Waals surface area contributed by atoms with Crippen molar-refractivity contribution in [2.45, 2.75) is 95.0 Å². The minimum absolute atomic E-state index is 0.00330. The summed E-state index contributed by atoms with van der Waals surface area (Å²) in [5.74, 6) is -0.838. The van der Waals surface area contributed by atoms with Crippen LogP contribution < -0.4 is 0 Å². The second kappa shape index (κ2) is 10.4. The van der Waals surface area contributed by atoms with Gasteiger partial charge in [-0.05, 0) is 49.8 Å². The number of unbranched alkanes of at least 4 members (excludes halogenated alkanes) is 1. The Morgan fingerprint density at radius 2 is 1.77 bits per heavy atom. The minimum Gasteiger partial charge on any atom is -0.462 e. The number of nitriles is 1. The van der Waals surface area contributed by atoms with Gasteiger partial charge in [0.1, 0.15) is 24.1 Å². The second-order valence-electron chi connectivity index (χ2n) is 8.97. The van der Waals surface area contributed by atoms with Crippen molar-refractivity contribution in [2.75, 3.05) is 13.2 Å². The summed E-state index contributed by atoms with van der Waals surface area (Å²) in [6, 6.07) is 6.42. The maximum Gasteiger partial charge on any atom is 0.316 e. The fourth-order valence-electron chi connectivity index (χ4n) is 4.96. The van der Waals surface area contributed by atoms with Crippen LogP contribution in [0.25, 0.3) is 0 Å². The van der Waals surface area contributed by atoms with Gasteiger partial charge in [0, 0.05) is 6.61 Å². The highest BCUT2D eigenvalue weighted by atomic mass is 19.1. The number of nitrogens with zero attached hydrogens (tertiary/aromatic N) is 1. The van der Waals surface area contributed by atoms with Crippen molar-refractivity contribution < 1.29 is 18.7 Å². The molecule has 1 aromatic rings. The SMILES string of the molecule is CCCCOC1(COC(=O)C2(c3ccc(C#N)c(F)c3)CCCCC2)CCCCC1. The molecule has 5 heteroatoms. The van der Waals surface area contributed by atoms with Crippen molar-refractivity contribution in [1.29, 1.82) is 5.26 Å². The molecule has 3 rings (SSSR count). The van der Waals surface area contributed by atoms with Gasteiger partial charge < -0.3 is 9.47 Å². The molecule has 164 valence electrons. The summed E-state index contributed by atoms with van der Waals surface area (Å²) in [7, 11) is 0. The lowest BCUT2D eigenvalue weighted by Crippen LogP contribution is -2.45. The van der Waals surface area contributed by atoms with Gasteiger partial charge in [0.25, 0.3) is 0 Å². The Hall–Kier alpha value is -1.93. The van der Waals surface area contributed by atoms with Gasteiger partial charge in [-0.3, -0.25) is 4.79 Å². The van der Waals surface area contributed by atoms with Crippen LogP contribution in [0.4, 0.5) is 4.39 Å². The molecule has 2 aliphatic rings. The van der Waals surface area contributed by atoms with Crippen LogP contribution in [0.3, 0.4) is 0 Å². The molecule has 0 bridgehead atoms. The Labute approximate surface area is 179 Å². The first-order valence-corrected chi connectivity index (χ1v) is 11.6. The Bertz CT molecular complexity index is 758. The molecule has 2 fully saturated rings. The zero-order valence-electron chi connectivity index (χ0n) is 18.2. The van der Waals surface area contributed by atoms with Gasteiger partial charge in [-0.25, -0.2) is 4.39 Å². The molecule has 0 amide bonds. The summed E-state index contributed by atoms with van der Waals surface area (Å²) in [6.07, 6.45) is 11.5. The van der Waals surface area contributed by atoms with Crippen LogP contribution >= 0.6 is 0 Å². The summed E-state index contributed by atoms with van der Waals surface area (Å²) in [4.78, 5) is 13.4. The van der Waals surface area contributed by atoms with Crippen LogP contribution in [0, 0.1) is 17.1 Å². The molecule has 2 saturated carbocycles. The zero-order chi connectivity index (χ0) is 21.5. The average molecular weight is 416 g/mol. The first-order chi connectivity index (χ1) is 14.6. The maximum atomic E-state index is 14.4. The van der Waals surface area contributed by atoms with Gasteiger partial charge in [0.05, 0.1) is 11.0 Å². The first kappa shape index (κ1) is 22.7. The van der Waals surface area contributed by atoms with E-state index in [0.717, 1.165) is 57.8 Å². The summed E-state index contributed by atoms with van der Waals surface area (Å²) in [5.41, 5.74) is -0.571. The van der Waals surface area contributed by atoms with Crippen LogP contribution in [0.15, 0.2) is 18.2 Å². The number of rotatable bonds is 8. The number of halogens is 1. The third-order valence-corrected chi connectivity index (χ3v) is 6.88. The normalized spacial score (nSPS) is 20.3. The molecule has 0 spiro atoms. The van der Waals surface area contributed by atoms with E-state index in [1.54, 1.807) is 6.07 Å². The van der Waals surface area contributed by atoms with Crippen LogP contribution in [-0.2, 0) is 19.7 Å². The van der Waals surface area contributed by atoms with Crippen LogP contribution in [0.1, 0.15) is 95.1 Å². The Morgan fingerprint density at radius 1 is 1.10 bits per heavy atom. The highest BCUT2D eigenvalue weighted by molar-refractivity contribution is 5.83. The van der Waals surface area contributed by atoms with Gasteiger partial charge in [0.2, 0.25) is 0 Å². The summed E-state index contributed by atoms with van der Waals surface area (Å²) in [5, 5.41) is 9.04. The maximum absolute atomic E-state index is 14.4. The van der Waals surface area contributed by atoms with Gasteiger partial charge in [-0.15, -0.1) is 0 Å². The molecular weight excluding hydrogens is 381 g/mol. The molecule has 4 nitrogen and oxygen atoms in total. The number of hydrogen-bond donors (Lipinski definition) is 0. The van der Waals surface area contributed by atoms with E-state index in [0.29, 0.717) is 25.0 Å². The van der Waals surface area contributed by atoms with Crippen molar-refractivity contribution in [3.63, 3.8) is 0 Å². The lowest BCUT2D eigenvalue weighted by molar-refractivity contribution is -0.168. The van der Waals surface area contributed by atoms with E-state index < -0.39 is 11.2 Å². The molecular formula is C25H34FNO3. The largest absolute Gasteiger partial charge is 0.462 e. The predicted octanol–water partition coefficient (Wildman–Crippen LogP) is 5.96. The molecule has 0 N–H and O–H groups in total. The zero-order valence-corrected chi connectivity index (χ0v) is 18.2. The number of carbonyl (C=O) groups excluding carboxylic acids is 1. The highest BCUT2D eigenvalue weighted by Gasteiger charge is 2.44. The van der Waals surface area contributed by atoms with E-state index >= 15 is 0 Å². The van der Waals surface area contributed by atoms with Crippen LogP contribution in [0.2, 0.25) is 0 Å². The summed E-state index contributed by atoms with van der Waals surface area (Å²) in [6.45, 7) is 3.11. The van der Waals surface area contributed by atoms with Crippen molar-refractivity contribution in [3.8, 4) is 6.07 Å². The number of ether oxygens (including phenoxy) is 2. The van der Waals surface area contributed by atoms with Gasteiger partial charge >= 0.3 is 5.97 Å². The first-order valence-electron chi connectivity index (χ1n) is 11.6. The smallest absolute Gasteiger partial charge is 0.316 e. The van der Waals surface area contributed by atoms with Crippen LogP contribution in [0.5, 0.6) is 0 Å². The lowest BCUT2D eigenvalue weighted by Gasteiger charge is -2.39. The monoisotopic (exact) mass is 415 g/mol. The van der Waals surface area contributed by atoms with Gasteiger partial charge in [-0.2, -0.15) is 5.26 Å². The molecule has 30 heavy (non-hydrogen) atoms. The number of esters is 1. The Morgan fingerprint density at radius 3 is 2.37 bits per heavy atom. The Balaban J connectivity index is 1.78. The van der Waals surface area contributed by atoms with E-state index in [2.05, 4.69) is 6.92 Å². The molecule has 0 atom stereocenters. The van der Waals surface area contributed by atoms with Gasteiger partial charge in [0.15, 0.2) is 0 Å². The molecule has 0 radical (unpaired) electrons. The fourth-order valence-corrected chi connectivity index (χ4v) is 4.96. The van der Waals surface area contributed by atoms with Gasteiger partial charge in [-0.1, -0.05) is 57.9 Å². The fraction of sp³-hybridized carbons (Fsp3) is 0.680. The van der Waals surface area contributed by atoms with Crippen molar-refractivity contribution >= 4 is 5.97 Å². The molecule has 2 aliphatic carbocycles. The Kier molecular flexibility index (Phi) is 7.88. The standard InChI is InChI=1S/C25H34FNO3/c1-2-3-16-30-24(12-6-4-7-13-24)19-29-23(28)25(14-8-5-9-15-25)21-11-10-20(18-27)22(26)17-21/h10-11,17H,2-9,12-16,19H2,1H3. The van der Waals surface area contributed by atoms with E-state index in [9.17, 15) is 9.18 Å². The molecule has 1 aromatic carbocycles. The highest BCUT2D eigenvalue weighted by Crippen LogP contribution is 2.42. The van der Waals surface area contributed by atoms with E-state index in [-0.39, 0.29) is 23.7 Å². The van der Waals surface area contributed by atoms with Crippen molar-refractivity contribution in [2.24, 2.45) is 0 Å². The summed E-state index contributed by atoms with van der Waals surface area (Å²) < 4.78 is 26.6. The van der Waals surface area contributed by atoms with E-state index in [1.807, 2.05) is 6.07 Å². The average Bonchev–Trinajstić information content (AvgIpc) is 2.79. The molecule has 0 aliphatic heterocycles. The molecule has 0 unspecified atom stereocenters. The second-order valence-corrected chi connectivity index (χ2v) is 8.97. The van der Waals surface area contributed by atoms with E-state index in [4.69, 9.17) is 14.7 Å². The third kappa shape index (κ3) is 5.03. The van der Waals surface area contributed by atoms with Crippen LogP contribution in [-0.4, -0.2) is 24.8 Å². The number of benzene rings is 1. The topological polar surface area (TPSA) is 59.3 Å². The summed E-state index contributed by atoms with van der Waals surface area (Å²) >= 11 is 0. The minimum atomic E-state index is -0.827. The van der Waals surface area contributed by atoms with Crippen molar-refractivity contribution in [3.05, 3.63) is 35.1 Å². The number of carbonyl (C=O) groups is 1. The van der Waals surface area contributed by atoms with Crippen molar-refractivity contribution in [1.82, 2.24) is 0 Å². The number of hydrogen-bond acceptors (Lipinski definition) is 4.